The molecule has 0 saturated carbocycles. The van der Waals surface area contributed by atoms with Gasteiger partial charge in [0.25, 0.3) is 5.91 Å². The van der Waals surface area contributed by atoms with Crippen molar-refractivity contribution in [3.05, 3.63) is 106 Å². The number of carbonyl (C=O) groups excluding carboxylic acids is 1. The molecule has 0 aliphatic heterocycles. The number of aromatic hydroxyl groups is 1. The summed E-state index contributed by atoms with van der Waals surface area (Å²) in [5, 5.41) is 14.9. The number of rotatable bonds is 5. The van der Waals surface area contributed by atoms with Gasteiger partial charge in [-0.1, -0.05) is 72.3 Å². The van der Waals surface area contributed by atoms with Gasteiger partial charge in [0.2, 0.25) is 0 Å². The molecule has 0 unspecified atom stereocenters. The number of hydrogen-bond donors (Lipinski definition) is 2. The zero-order valence-electron chi connectivity index (χ0n) is 16.0. The van der Waals surface area contributed by atoms with Crippen LogP contribution in [0.15, 0.2) is 78.9 Å². The third-order valence-electron chi connectivity index (χ3n) is 4.71. The van der Waals surface area contributed by atoms with E-state index in [1.165, 1.54) is 0 Å². The number of amides is 1. The van der Waals surface area contributed by atoms with E-state index in [2.05, 4.69) is 10.3 Å². The van der Waals surface area contributed by atoms with Gasteiger partial charge in [-0.2, -0.15) is 0 Å². The Hall–Kier alpha value is -3.63. The Morgan fingerprint density at radius 1 is 0.933 bits per heavy atom. The number of pyridine rings is 1. The van der Waals surface area contributed by atoms with E-state index in [4.69, 9.17) is 11.6 Å². The minimum absolute atomic E-state index is 0.129. The summed E-state index contributed by atoms with van der Waals surface area (Å²) in [6.45, 7) is 0.334. The molecule has 4 aromatic rings. The number of phenolic OH excluding ortho intramolecular Hbond substituents is 1. The van der Waals surface area contributed by atoms with E-state index in [0.29, 0.717) is 22.8 Å². The summed E-state index contributed by atoms with van der Waals surface area (Å²) in [5.74, 6) is -0.493. The highest BCUT2D eigenvalue weighted by molar-refractivity contribution is 6.30. The van der Waals surface area contributed by atoms with E-state index in [1.54, 1.807) is 24.3 Å². The number of aromatic nitrogens is 1. The van der Waals surface area contributed by atoms with Gasteiger partial charge in [0, 0.05) is 17.0 Å². The Morgan fingerprint density at radius 2 is 1.67 bits per heavy atom. The van der Waals surface area contributed by atoms with Crippen LogP contribution in [0.3, 0.4) is 0 Å². The topological polar surface area (TPSA) is 62.2 Å². The van der Waals surface area contributed by atoms with Crippen molar-refractivity contribution in [3.8, 4) is 5.75 Å². The SMILES string of the molecule is O=C(NCc1ccc(Cl)cc1)c1ccc2ccc(C=Cc3ccccc3)nc2c1O. The molecule has 4 nitrogen and oxygen atoms in total. The number of fused-ring (bicyclic) bond motifs is 1. The molecule has 2 N–H and O–H groups in total. The van der Waals surface area contributed by atoms with Crippen molar-refractivity contribution in [2.45, 2.75) is 6.54 Å². The van der Waals surface area contributed by atoms with Crippen molar-refractivity contribution in [1.82, 2.24) is 10.3 Å². The van der Waals surface area contributed by atoms with Crippen molar-refractivity contribution in [3.63, 3.8) is 0 Å². The first-order valence-electron chi connectivity index (χ1n) is 9.49. The van der Waals surface area contributed by atoms with Crippen molar-refractivity contribution >= 4 is 40.6 Å². The molecule has 1 amide bonds. The van der Waals surface area contributed by atoms with Gasteiger partial charge in [0.1, 0.15) is 5.52 Å². The average molecular weight is 415 g/mol. The molecular formula is C25H19ClN2O2. The highest BCUT2D eigenvalue weighted by atomic mass is 35.5. The zero-order valence-corrected chi connectivity index (χ0v) is 16.8. The lowest BCUT2D eigenvalue weighted by molar-refractivity contribution is 0.0948. The predicted octanol–water partition coefficient (Wildman–Crippen LogP) is 5.69. The lowest BCUT2D eigenvalue weighted by atomic mass is 10.1. The van der Waals surface area contributed by atoms with Crippen LogP contribution in [0, 0.1) is 0 Å². The summed E-state index contributed by atoms with van der Waals surface area (Å²) < 4.78 is 0. The van der Waals surface area contributed by atoms with Gasteiger partial charge in [-0.3, -0.25) is 4.79 Å². The van der Waals surface area contributed by atoms with Gasteiger partial charge in [-0.05, 0) is 41.5 Å². The standard InChI is InChI=1S/C25H19ClN2O2/c26-20-11-6-18(7-12-20)16-27-25(30)22-15-10-19-9-14-21(28-23(19)24(22)29)13-8-17-4-2-1-3-5-17/h1-15,29H,16H2,(H,27,30). The fourth-order valence-corrected chi connectivity index (χ4v) is 3.22. The Morgan fingerprint density at radius 3 is 2.43 bits per heavy atom. The summed E-state index contributed by atoms with van der Waals surface area (Å²) in [4.78, 5) is 17.1. The van der Waals surface area contributed by atoms with Crippen LogP contribution in [0.2, 0.25) is 5.02 Å². The highest BCUT2D eigenvalue weighted by Crippen LogP contribution is 2.28. The number of phenols is 1. The van der Waals surface area contributed by atoms with E-state index >= 15 is 0 Å². The predicted molar refractivity (Wildman–Crippen MR) is 121 cm³/mol. The number of benzene rings is 3. The fourth-order valence-electron chi connectivity index (χ4n) is 3.09. The van der Waals surface area contributed by atoms with Gasteiger partial charge in [0.15, 0.2) is 5.75 Å². The summed E-state index contributed by atoms with van der Waals surface area (Å²) >= 11 is 5.88. The number of nitrogens with zero attached hydrogens (tertiary/aromatic N) is 1. The number of carbonyl (C=O) groups is 1. The summed E-state index contributed by atoms with van der Waals surface area (Å²) in [6, 6.07) is 24.3. The van der Waals surface area contributed by atoms with Crippen molar-refractivity contribution in [2.75, 3.05) is 0 Å². The van der Waals surface area contributed by atoms with Crippen LogP contribution >= 0.6 is 11.6 Å². The van der Waals surface area contributed by atoms with Crippen LogP contribution in [0.5, 0.6) is 5.75 Å². The second kappa shape index (κ2) is 8.80. The number of nitrogens with one attached hydrogen (secondary N) is 1. The smallest absolute Gasteiger partial charge is 0.255 e. The van der Waals surface area contributed by atoms with Crippen molar-refractivity contribution in [1.29, 1.82) is 0 Å². The quantitative estimate of drug-likeness (QED) is 0.440. The summed E-state index contributed by atoms with van der Waals surface area (Å²) in [7, 11) is 0. The van der Waals surface area contributed by atoms with E-state index in [1.807, 2.05) is 66.7 Å². The first kappa shape index (κ1) is 19.7. The molecule has 1 aromatic heterocycles. The molecule has 0 fully saturated rings. The Labute approximate surface area is 179 Å². The molecular weight excluding hydrogens is 396 g/mol. The Balaban J connectivity index is 1.56. The molecule has 0 bridgehead atoms. The third-order valence-corrected chi connectivity index (χ3v) is 4.97. The maximum Gasteiger partial charge on any atom is 0.255 e. The first-order valence-corrected chi connectivity index (χ1v) is 9.86. The molecule has 0 radical (unpaired) electrons. The van der Waals surface area contributed by atoms with E-state index in [0.717, 1.165) is 16.5 Å². The van der Waals surface area contributed by atoms with Crippen LogP contribution in [-0.2, 0) is 6.54 Å². The van der Waals surface area contributed by atoms with Crippen molar-refractivity contribution in [2.24, 2.45) is 0 Å². The van der Waals surface area contributed by atoms with Crippen LogP contribution in [0.25, 0.3) is 23.1 Å². The molecule has 0 spiro atoms. The third kappa shape index (κ3) is 4.50. The highest BCUT2D eigenvalue weighted by Gasteiger charge is 2.15. The van der Waals surface area contributed by atoms with Gasteiger partial charge >= 0.3 is 0 Å². The van der Waals surface area contributed by atoms with Crippen LogP contribution in [-0.4, -0.2) is 16.0 Å². The maximum absolute atomic E-state index is 12.6. The molecule has 148 valence electrons. The van der Waals surface area contributed by atoms with E-state index in [-0.39, 0.29) is 17.2 Å². The molecule has 5 heteroatoms. The lowest BCUT2D eigenvalue weighted by Gasteiger charge is -2.09. The molecule has 30 heavy (non-hydrogen) atoms. The average Bonchev–Trinajstić information content (AvgIpc) is 2.78. The molecule has 0 saturated heterocycles. The molecule has 3 aromatic carbocycles. The lowest BCUT2D eigenvalue weighted by Crippen LogP contribution is -2.22. The van der Waals surface area contributed by atoms with Crippen molar-refractivity contribution < 1.29 is 9.90 Å². The summed E-state index contributed by atoms with van der Waals surface area (Å²) in [5.41, 5.74) is 3.25. The molecule has 0 aliphatic carbocycles. The van der Waals surface area contributed by atoms with Gasteiger partial charge in [-0.15, -0.1) is 0 Å². The number of hydrogen-bond acceptors (Lipinski definition) is 3. The van der Waals surface area contributed by atoms with Gasteiger partial charge < -0.3 is 10.4 Å². The van der Waals surface area contributed by atoms with Crippen LogP contribution < -0.4 is 5.32 Å². The molecule has 1 heterocycles. The Bertz CT molecular complexity index is 1220. The summed E-state index contributed by atoms with van der Waals surface area (Å²) in [6.07, 6.45) is 3.83. The normalized spacial score (nSPS) is 11.1. The fraction of sp³-hybridized carbons (Fsp3) is 0.0400. The van der Waals surface area contributed by atoms with Gasteiger partial charge in [-0.25, -0.2) is 4.98 Å². The second-order valence-corrected chi connectivity index (χ2v) is 7.26. The van der Waals surface area contributed by atoms with Crippen LogP contribution in [0.1, 0.15) is 27.2 Å². The maximum atomic E-state index is 12.6. The van der Waals surface area contributed by atoms with E-state index in [9.17, 15) is 9.90 Å². The number of halogens is 1. The molecule has 0 atom stereocenters. The first-order chi connectivity index (χ1) is 14.6. The minimum atomic E-state index is -0.364. The van der Waals surface area contributed by atoms with Crippen LogP contribution in [0.4, 0.5) is 0 Å². The molecule has 4 rings (SSSR count). The second-order valence-electron chi connectivity index (χ2n) is 6.82. The largest absolute Gasteiger partial charge is 0.505 e. The monoisotopic (exact) mass is 414 g/mol. The van der Waals surface area contributed by atoms with E-state index < -0.39 is 0 Å². The molecule has 0 aliphatic rings. The Kier molecular flexibility index (Phi) is 5.77. The minimum Gasteiger partial charge on any atom is -0.505 e. The van der Waals surface area contributed by atoms with Gasteiger partial charge in [0.05, 0.1) is 11.3 Å². The zero-order chi connectivity index (χ0) is 20.9.